The number of hydrogen-bond donors (Lipinski definition) is 2. The van der Waals surface area contributed by atoms with Crippen LogP contribution in [-0.2, 0) is 30.4 Å². The molecular weight excluding hydrogens is 1030 g/mol. The zero-order valence-electron chi connectivity index (χ0n) is 36.2. The van der Waals surface area contributed by atoms with E-state index in [1.807, 2.05) is 37.7 Å². The average molecular weight is 1050 g/mol. The summed E-state index contributed by atoms with van der Waals surface area (Å²) in [5.41, 5.74) is 4.21. The SMILES string of the molecule is Cc1cccc2cc3c(cc12)C1=NC3=Nc2c3cc4c(S(=O)(=O)[O-])cccc4cc3c3[n]2[Ga][n]2c(c4cc5c(S(=O)(=O)[O-])cccc5cc4c2=[NH+]1)=NC1=NC(=[NH+]3)c2cc3c(S(=O)(=O)[O-])cccc3cc21.O. The van der Waals surface area contributed by atoms with Gasteiger partial charge in [-0.1, -0.05) is 0 Å². The Labute approximate surface area is 408 Å². The minimum atomic E-state index is -4.97. The number of benzene rings is 8. The van der Waals surface area contributed by atoms with Crippen molar-refractivity contribution in [1.29, 1.82) is 0 Å². The molecule has 0 spiro atoms. The molecule has 4 aliphatic rings. The monoisotopic (exact) mass is 1050 g/mol. The minimum Gasteiger partial charge on any atom is -0.412 e. The number of nitrogens with zero attached hydrogens (tertiary/aromatic N) is 6. The van der Waals surface area contributed by atoms with Crippen molar-refractivity contribution in [3.05, 3.63) is 160 Å². The minimum absolute atomic E-state index is 0. The van der Waals surface area contributed by atoms with Gasteiger partial charge in [0, 0.05) is 0 Å². The molecule has 10 aromatic rings. The van der Waals surface area contributed by atoms with Crippen molar-refractivity contribution in [3.8, 4) is 0 Å². The van der Waals surface area contributed by atoms with E-state index in [9.17, 15) is 38.9 Å². The first-order chi connectivity index (χ1) is 33.5. The molecule has 0 saturated carbocycles. The summed E-state index contributed by atoms with van der Waals surface area (Å²) in [7, 11) is -14.9. The number of amidine groups is 4. The molecule has 0 aliphatic carbocycles. The molecule has 14 rings (SSSR count). The topological polar surface area (TPSA) is 290 Å². The molecule has 6 heterocycles. The van der Waals surface area contributed by atoms with E-state index in [-0.39, 0.29) is 33.3 Å². The zero-order chi connectivity index (χ0) is 47.9. The van der Waals surface area contributed by atoms with Crippen LogP contribution >= 0.6 is 0 Å². The fourth-order valence-corrected chi connectivity index (χ4v) is 15.5. The second kappa shape index (κ2) is 14.5. The van der Waals surface area contributed by atoms with Crippen molar-refractivity contribution < 1.29 is 54.4 Å². The summed E-state index contributed by atoms with van der Waals surface area (Å²) in [4.78, 5) is 26.9. The van der Waals surface area contributed by atoms with E-state index in [2.05, 4.69) is 16.1 Å². The van der Waals surface area contributed by atoms with Crippen molar-refractivity contribution in [2.24, 2.45) is 20.0 Å². The van der Waals surface area contributed by atoms with Gasteiger partial charge < -0.3 is 5.48 Å². The van der Waals surface area contributed by atoms with Crippen molar-refractivity contribution in [2.45, 2.75) is 21.6 Å². The quantitative estimate of drug-likeness (QED) is 0.191. The Balaban J connectivity index is 0.00000492. The molecule has 0 saturated heterocycles. The van der Waals surface area contributed by atoms with Crippen LogP contribution in [0.1, 0.15) is 27.8 Å². The van der Waals surface area contributed by atoms with Crippen LogP contribution < -0.4 is 21.0 Å². The molecule has 0 atom stereocenters. The van der Waals surface area contributed by atoms with Gasteiger partial charge in [0.1, 0.15) is 0 Å². The van der Waals surface area contributed by atoms with Gasteiger partial charge >= 0.3 is 405 Å². The normalized spacial score (nSPS) is 14.8. The van der Waals surface area contributed by atoms with E-state index in [4.69, 9.17) is 20.0 Å². The summed E-state index contributed by atoms with van der Waals surface area (Å²) in [6.45, 7) is 2.02. The Bertz CT molecular complexity index is 4910. The standard InChI is InChI=1S/C49H26N8O9S3.Ga.H2O/c1-22-6-2-7-23-14-31-35(18-27(22)23)46-50-42(31)52-47-37-20-29-25(9-4-12-40(29)68(61,62)63)16-33(37)44(54-47)56-49-38-21-30-26(10-5-13-41(30)69(64,65)66)17-34(38)45(57-49)55-48-36-19-28-24(15-32(36)43(51-46)53-48)8-3-11-39(28)67(58,59)60;;/h2-21H,1H3,(H3-2,50,51,52,53,54,55,56,57,58,59,60,61,62,63,64,65,66);;1H2/q-2;+2;/p-1. The van der Waals surface area contributed by atoms with E-state index in [1.165, 1.54) is 36.4 Å². The number of hydrogen-bond acceptors (Lipinski definition) is 13. The summed E-state index contributed by atoms with van der Waals surface area (Å²) in [5, 5.41) is 5.83. The first-order valence-corrected chi connectivity index (χ1v) is 27.8. The largest absolute Gasteiger partial charge is 0.412 e. The third kappa shape index (κ3) is 6.30. The van der Waals surface area contributed by atoms with Gasteiger partial charge in [0.15, 0.2) is 0 Å². The van der Waals surface area contributed by atoms with Crippen molar-refractivity contribution in [3.63, 3.8) is 0 Å². The van der Waals surface area contributed by atoms with Gasteiger partial charge in [-0.15, -0.1) is 0 Å². The van der Waals surface area contributed by atoms with Gasteiger partial charge in [-0.25, -0.2) is 0 Å². The van der Waals surface area contributed by atoms with Gasteiger partial charge in [0.25, 0.3) is 0 Å². The number of aliphatic imine (C=N–C) groups is 3. The Morgan fingerprint density at radius 1 is 0.479 bits per heavy atom. The molecule has 1 radical (unpaired) electrons. The van der Waals surface area contributed by atoms with Crippen LogP contribution in [0.5, 0.6) is 0 Å². The predicted molar refractivity (Wildman–Crippen MR) is 260 cm³/mol. The molecule has 4 N–H and O–H groups in total. The van der Waals surface area contributed by atoms with Crippen LogP contribution in [0, 0.1) is 6.92 Å². The Kier molecular flexibility index (Phi) is 8.91. The van der Waals surface area contributed by atoms with Crippen LogP contribution in [0.15, 0.2) is 156 Å². The number of aromatic nitrogens is 2. The van der Waals surface area contributed by atoms with Crippen LogP contribution in [0.4, 0.5) is 11.6 Å². The van der Waals surface area contributed by atoms with E-state index in [0.717, 1.165) is 21.9 Å². The van der Waals surface area contributed by atoms with Crippen LogP contribution in [0.3, 0.4) is 0 Å². The van der Waals surface area contributed by atoms with E-state index < -0.39 is 62.9 Å². The van der Waals surface area contributed by atoms with Gasteiger partial charge in [0.2, 0.25) is 0 Å². The van der Waals surface area contributed by atoms with Crippen LogP contribution in [0.25, 0.3) is 64.6 Å². The molecular formula is C49H27GaN8O10S3-. The van der Waals surface area contributed by atoms with Gasteiger partial charge in [0.05, 0.1) is 0 Å². The first-order valence-electron chi connectivity index (χ1n) is 21.4. The average Bonchev–Trinajstić information content (AvgIpc) is 3.99. The van der Waals surface area contributed by atoms with E-state index >= 15 is 0 Å². The molecule has 0 fully saturated rings. The first kappa shape index (κ1) is 43.5. The number of aryl methyl sites for hydroxylation is 1. The van der Waals surface area contributed by atoms with Gasteiger partial charge in [-0.3, -0.25) is 0 Å². The maximum absolute atomic E-state index is 12.8. The number of fused-ring (bicyclic) bond motifs is 18. The molecule has 345 valence electrons. The third-order valence-corrected chi connectivity index (χ3v) is 19.2. The second-order valence-electron chi connectivity index (χ2n) is 17.4. The molecule has 71 heavy (non-hydrogen) atoms. The van der Waals surface area contributed by atoms with Crippen molar-refractivity contribution in [2.75, 3.05) is 0 Å². The van der Waals surface area contributed by atoms with Crippen molar-refractivity contribution in [1.82, 2.24) is 6.55 Å². The third-order valence-electron chi connectivity index (χ3n) is 13.5. The van der Waals surface area contributed by atoms with Gasteiger partial charge in [-0.05, 0) is 0 Å². The predicted octanol–water partition coefficient (Wildman–Crippen LogP) is 1.44. The van der Waals surface area contributed by atoms with Gasteiger partial charge in [-0.2, -0.15) is 0 Å². The van der Waals surface area contributed by atoms with Crippen LogP contribution in [0.2, 0.25) is 0 Å². The Morgan fingerprint density at radius 2 is 1.00 bits per heavy atom. The van der Waals surface area contributed by atoms with E-state index in [1.54, 1.807) is 54.6 Å². The summed E-state index contributed by atoms with van der Waals surface area (Å²) < 4.78 is 119. The van der Waals surface area contributed by atoms with E-state index in [0.29, 0.717) is 88.7 Å². The summed E-state index contributed by atoms with van der Waals surface area (Å²) in [5.74, 6) is 2.03. The fourth-order valence-electron chi connectivity index (χ4n) is 10.3. The molecule has 18 nitrogen and oxygen atoms in total. The Hall–Kier alpha value is -7.51. The van der Waals surface area contributed by atoms with Crippen molar-refractivity contribution >= 4 is 148 Å². The Morgan fingerprint density at radius 3 is 1.63 bits per heavy atom. The summed E-state index contributed by atoms with van der Waals surface area (Å²) >= 11 is -2.31. The molecule has 0 amide bonds. The molecule has 0 unspecified atom stereocenters. The molecule has 8 aromatic carbocycles. The molecule has 2 aromatic heterocycles. The van der Waals surface area contributed by atoms with Crippen LogP contribution in [-0.4, -0.2) is 92.2 Å². The molecule has 22 heteroatoms. The zero-order valence-corrected chi connectivity index (χ0v) is 41.1. The maximum atomic E-state index is 12.8. The maximum Gasteiger partial charge on any atom is -0.412 e. The summed E-state index contributed by atoms with van der Waals surface area (Å²) in [6.07, 6.45) is 0. The fraction of sp³-hybridized carbons (Fsp3) is 0.0204. The summed E-state index contributed by atoms with van der Waals surface area (Å²) in [6, 6.07) is 33.5. The second-order valence-corrected chi connectivity index (χ2v) is 24.1. The number of nitrogens with one attached hydrogen (secondary N) is 2. The molecule has 6 bridgehead atoms. The molecule has 4 aliphatic heterocycles. The smallest absolute Gasteiger partial charge is 0.412 e. The number of rotatable bonds is 3.